The summed E-state index contributed by atoms with van der Waals surface area (Å²) in [5.74, 6) is 1.62. The number of carbonyl (C=O) groups is 1. The van der Waals surface area contributed by atoms with E-state index in [1.165, 1.54) is 0 Å². The molecule has 4 heterocycles. The number of fused-ring (bicyclic) bond motifs is 1. The van der Waals surface area contributed by atoms with E-state index in [4.69, 9.17) is 20.4 Å². The predicted molar refractivity (Wildman–Crippen MR) is 137 cm³/mol. The highest BCUT2D eigenvalue weighted by molar-refractivity contribution is 5.89. The number of amides is 1. The van der Waals surface area contributed by atoms with Crippen molar-refractivity contribution in [3.63, 3.8) is 0 Å². The molecule has 0 bridgehead atoms. The standard InChI is InChI=1S/C27H32N6O4/c1-16-25(17(2)37-30-16)18-5-10-23-22(13-18)29-26(32(23)19-6-8-21(35-4)9-7-19)24-11-12-36-27(34)33(24)20-14-28-31(3)15-20/h5,10,13-15,19,21,24H,6-9,11-12H2,1-4H3/t19-,21-,24-/m0/s1/i4D. The van der Waals surface area contributed by atoms with Crippen LogP contribution < -0.4 is 4.90 Å². The van der Waals surface area contributed by atoms with E-state index in [0.29, 0.717) is 18.7 Å². The molecule has 1 aromatic carbocycles. The number of methoxy groups -OCH3 is 1. The van der Waals surface area contributed by atoms with Crippen molar-refractivity contribution in [1.82, 2.24) is 24.5 Å². The number of rotatable bonds is 5. The van der Waals surface area contributed by atoms with Crippen LogP contribution in [0.4, 0.5) is 10.5 Å². The van der Waals surface area contributed by atoms with E-state index >= 15 is 0 Å². The first kappa shape index (κ1) is 22.5. The van der Waals surface area contributed by atoms with Crippen molar-refractivity contribution in [2.75, 3.05) is 18.6 Å². The number of hydrogen-bond acceptors (Lipinski definition) is 7. The Hall–Kier alpha value is -3.66. The minimum atomic E-state index is -0.392. The average Bonchev–Trinajstić information content (AvgIpc) is 3.60. The summed E-state index contributed by atoms with van der Waals surface area (Å²) in [5.41, 5.74) is 5.41. The Morgan fingerprint density at radius 2 is 2.00 bits per heavy atom. The van der Waals surface area contributed by atoms with Crippen molar-refractivity contribution >= 4 is 22.8 Å². The third-order valence-corrected chi connectivity index (χ3v) is 7.68. The lowest BCUT2D eigenvalue weighted by molar-refractivity contribution is 0.0582. The van der Waals surface area contributed by atoms with Gasteiger partial charge < -0.3 is 18.6 Å². The number of anilines is 1. The molecule has 0 radical (unpaired) electrons. The Morgan fingerprint density at radius 3 is 2.70 bits per heavy atom. The summed E-state index contributed by atoms with van der Waals surface area (Å²) in [6, 6.07) is 6.22. The molecule has 6 rings (SSSR count). The number of cyclic esters (lactones) is 1. The van der Waals surface area contributed by atoms with E-state index in [2.05, 4.69) is 33.0 Å². The van der Waals surface area contributed by atoms with Crippen molar-refractivity contribution < 1.29 is 20.2 Å². The van der Waals surface area contributed by atoms with Gasteiger partial charge in [0.15, 0.2) is 0 Å². The molecular weight excluding hydrogens is 472 g/mol. The second-order valence-electron chi connectivity index (χ2n) is 10.0. The lowest BCUT2D eigenvalue weighted by atomic mass is 9.92. The average molecular weight is 506 g/mol. The van der Waals surface area contributed by atoms with E-state index in [0.717, 1.165) is 65.1 Å². The third-order valence-electron chi connectivity index (χ3n) is 7.68. The van der Waals surface area contributed by atoms with E-state index in [1.807, 2.05) is 27.1 Å². The van der Waals surface area contributed by atoms with Gasteiger partial charge in [0.2, 0.25) is 0 Å². The van der Waals surface area contributed by atoms with Crippen molar-refractivity contribution in [2.45, 2.75) is 64.1 Å². The smallest absolute Gasteiger partial charge is 0.415 e. The quantitative estimate of drug-likeness (QED) is 0.365. The molecule has 2 aliphatic rings. The Balaban J connectivity index is 1.47. The Labute approximate surface area is 216 Å². The number of nitrogens with zero attached hydrogens (tertiary/aromatic N) is 6. The molecule has 1 aliphatic carbocycles. The van der Waals surface area contributed by atoms with E-state index in [-0.39, 0.29) is 25.3 Å². The van der Waals surface area contributed by atoms with Gasteiger partial charge in [0.05, 0.1) is 42.7 Å². The summed E-state index contributed by atoms with van der Waals surface area (Å²) in [6.45, 7) is 4.19. The zero-order valence-corrected chi connectivity index (χ0v) is 21.4. The first-order valence-corrected chi connectivity index (χ1v) is 12.7. The van der Waals surface area contributed by atoms with E-state index in [9.17, 15) is 4.79 Å². The Morgan fingerprint density at radius 1 is 1.16 bits per heavy atom. The van der Waals surface area contributed by atoms with Crippen molar-refractivity contribution in [2.24, 2.45) is 7.05 Å². The number of carbonyl (C=O) groups excluding carboxylic acids is 1. The third kappa shape index (κ3) is 4.09. The van der Waals surface area contributed by atoms with Crippen molar-refractivity contribution in [1.29, 1.82) is 0 Å². The van der Waals surface area contributed by atoms with Gasteiger partial charge in [-0.3, -0.25) is 9.58 Å². The lowest BCUT2D eigenvalue weighted by Crippen LogP contribution is -2.42. The van der Waals surface area contributed by atoms with E-state index in [1.54, 1.807) is 15.8 Å². The molecule has 3 aromatic heterocycles. The van der Waals surface area contributed by atoms with Gasteiger partial charge in [0.25, 0.3) is 0 Å². The molecule has 0 N–H and O–H groups in total. The summed E-state index contributed by atoms with van der Waals surface area (Å²) in [4.78, 5) is 19.9. The van der Waals surface area contributed by atoms with Gasteiger partial charge in [-0.25, -0.2) is 9.78 Å². The largest absolute Gasteiger partial charge is 0.449 e. The van der Waals surface area contributed by atoms with Gasteiger partial charge in [0.1, 0.15) is 17.6 Å². The first-order chi connectivity index (χ1) is 18.4. The molecule has 4 aromatic rings. The van der Waals surface area contributed by atoms with Crippen LogP contribution in [0, 0.1) is 13.8 Å². The minimum absolute atomic E-state index is 0.0106. The predicted octanol–water partition coefficient (Wildman–Crippen LogP) is 5.26. The van der Waals surface area contributed by atoms with Crippen LogP contribution in [-0.4, -0.2) is 50.4 Å². The maximum Gasteiger partial charge on any atom is 0.415 e. The first-order valence-electron chi connectivity index (χ1n) is 13.5. The van der Waals surface area contributed by atoms with Gasteiger partial charge in [-0.05, 0) is 57.2 Å². The SMILES string of the molecule is [2H]CO[C@H]1CC[C@H](n2c([C@@H]3CCOC(=O)N3c3cnn(C)c3)nc3cc(-c4c(C)noc4C)ccc32)CC1. The molecule has 37 heavy (non-hydrogen) atoms. The zero-order chi connectivity index (χ0) is 26.4. The molecule has 10 nitrogen and oxygen atoms in total. The van der Waals surface area contributed by atoms with Crippen LogP contribution in [0.15, 0.2) is 35.1 Å². The normalized spacial score (nSPS) is 22.9. The summed E-state index contributed by atoms with van der Waals surface area (Å²) >= 11 is 0. The molecule has 1 atom stereocenters. The summed E-state index contributed by atoms with van der Waals surface area (Å²) in [6.07, 6.45) is 7.46. The summed E-state index contributed by atoms with van der Waals surface area (Å²) < 4.78 is 27.9. The van der Waals surface area contributed by atoms with Crippen LogP contribution in [-0.2, 0) is 16.5 Å². The topological polar surface area (TPSA) is 100 Å². The molecule has 1 saturated carbocycles. The number of ether oxygens (including phenoxy) is 2. The highest BCUT2D eigenvalue weighted by atomic mass is 16.6. The number of imidazole rings is 1. The van der Waals surface area contributed by atoms with Crippen LogP contribution in [0.3, 0.4) is 0 Å². The van der Waals surface area contributed by atoms with Crippen LogP contribution in [0.25, 0.3) is 22.2 Å². The molecular formula is C27H32N6O4. The highest BCUT2D eigenvalue weighted by Gasteiger charge is 2.38. The second kappa shape index (κ2) is 9.33. The number of benzene rings is 1. The van der Waals surface area contributed by atoms with E-state index < -0.39 is 6.09 Å². The van der Waals surface area contributed by atoms with Gasteiger partial charge in [-0.1, -0.05) is 11.2 Å². The number of aromatic nitrogens is 5. The molecule has 2 fully saturated rings. The molecule has 10 heteroatoms. The molecule has 1 aliphatic heterocycles. The zero-order valence-electron chi connectivity index (χ0n) is 22.4. The maximum atomic E-state index is 13.1. The molecule has 1 saturated heterocycles. The minimum Gasteiger partial charge on any atom is -0.449 e. The number of hydrogen-bond donors (Lipinski definition) is 0. The lowest BCUT2D eigenvalue weighted by Gasteiger charge is -2.36. The Bertz CT molecular complexity index is 1450. The fourth-order valence-electron chi connectivity index (χ4n) is 5.90. The molecule has 1 amide bonds. The molecule has 0 spiro atoms. The van der Waals surface area contributed by atoms with Crippen molar-refractivity contribution in [3.8, 4) is 11.1 Å². The highest BCUT2D eigenvalue weighted by Crippen LogP contribution is 2.40. The molecule has 0 unspecified atom stereocenters. The van der Waals surface area contributed by atoms with Crippen LogP contribution in [0.2, 0.25) is 0 Å². The van der Waals surface area contributed by atoms with Crippen LogP contribution in [0.1, 0.15) is 62.8 Å². The van der Waals surface area contributed by atoms with Crippen molar-refractivity contribution in [3.05, 3.63) is 47.9 Å². The van der Waals surface area contributed by atoms with Crippen LogP contribution >= 0.6 is 0 Å². The number of aryl methyl sites for hydroxylation is 3. The summed E-state index contributed by atoms with van der Waals surface area (Å²) in [7, 11) is 1.82. The fourth-order valence-corrected chi connectivity index (χ4v) is 5.90. The molecule has 194 valence electrons. The monoisotopic (exact) mass is 505 g/mol. The Kier molecular flexibility index (Phi) is 5.68. The van der Waals surface area contributed by atoms with Gasteiger partial charge >= 0.3 is 6.09 Å². The van der Waals surface area contributed by atoms with Gasteiger partial charge in [-0.15, -0.1) is 0 Å². The fraction of sp³-hybridized carbons (Fsp3) is 0.481. The van der Waals surface area contributed by atoms with Gasteiger partial charge in [0, 0.05) is 38.4 Å². The summed E-state index contributed by atoms with van der Waals surface area (Å²) in [5, 5.41) is 8.41. The second-order valence-corrected chi connectivity index (χ2v) is 10.0. The van der Waals surface area contributed by atoms with Crippen LogP contribution in [0.5, 0.6) is 0 Å². The maximum absolute atomic E-state index is 13.1. The van der Waals surface area contributed by atoms with Gasteiger partial charge in [-0.2, -0.15) is 5.10 Å².